The molecule has 0 amide bonds. The number of nitrogens with two attached hydrogens (primary N) is 2. The maximum atomic E-state index is 9.72. The highest BCUT2D eigenvalue weighted by Crippen LogP contribution is 2.44. The van der Waals surface area contributed by atoms with Crippen molar-refractivity contribution < 1.29 is 14.2 Å². The molecular weight excluding hydrogens is 378 g/mol. The summed E-state index contributed by atoms with van der Waals surface area (Å²) in [6.07, 6.45) is 0. The summed E-state index contributed by atoms with van der Waals surface area (Å²) < 4.78 is 17.1. The van der Waals surface area contributed by atoms with Gasteiger partial charge in [0.05, 0.1) is 13.0 Å². The predicted molar refractivity (Wildman–Crippen MR) is 114 cm³/mol. The summed E-state index contributed by atoms with van der Waals surface area (Å²) in [5, 5.41) is 9.72. The van der Waals surface area contributed by atoms with Gasteiger partial charge in [-0.25, -0.2) is 0 Å². The van der Waals surface area contributed by atoms with Crippen molar-refractivity contribution in [1.82, 2.24) is 0 Å². The Morgan fingerprint density at radius 3 is 2.53 bits per heavy atom. The SMILES string of the molecule is COc1cc([C@@H]2C(C#N)=C(N)Oc3cc(N)ccc32)ccc1OCc1ccccc1. The Bertz CT molecular complexity index is 1150. The van der Waals surface area contributed by atoms with Gasteiger partial charge in [-0.2, -0.15) is 5.26 Å². The minimum absolute atomic E-state index is 0.0731. The Labute approximate surface area is 174 Å². The number of anilines is 1. The number of nitrogens with zero attached hydrogens (tertiary/aromatic N) is 1. The van der Waals surface area contributed by atoms with Crippen LogP contribution in [0.5, 0.6) is 17.2 Å². The molecule has 0 unspecified atom stereocenters. The van der Waals surface area contributed by atoms with E-state index in [9.17, 15) is 5.26 Å². The van der Waals surface area contributed by atoms with Crippen LogP contribution >= 0.6 is 0 Å². The molecule has 6 heteroatoms. The summed E-state index contributed by atoms with van der Waals surface area (Å²) in [7, 11) is 1.59. The minimum atomic E-state index is -0.392. The van der Waals surface area contributed by atoms with Crippen molar-refractivity contribution in [1.29, 1.82) is 5.26 Å². The highest BCUT2D eigenvalue weighted by atomic mass is 16.5. The van der Waals surface area contributed by atoms with E-state index in [1.807, 2.05) is 54.6 Å². The predicted octanol–water partition coefficient (Wildman–Crippen LogP) is 4.07. The standard InChI is InChI=1S/C24H21N3O3/c1-28-22-11-16(7-10-20(22)29-14-15-5-3-2-4-6-15)23-18-9-8-17(26)12-21(18)30-24(27)19(23)13-25/h2-12,23H,14,26-27H2,1H3/t23-/m0/s1. The zero-order valence-electron chi connectivity index (χ0n) is 16.5. The first-order chi connectivity index (χ1) is 14.6. The molecule has 0 saturated heterocycles. The Morgan fingerprint density at radius 1 is 1.00 bits per heavy atom. The Morgan fingerprint density at radius 2 is 1.80 bits per heavy atom. The molecule has 1 heterocycles. The number of nitriles is 1. The lowest BCUT2D eigenvalue weighted by Crippen LogP contribution is -2.21. The van der Waals surface area contributed by atoms with E-state index in [0.717, 1.165) is 16.7 Å². The van der Waals surface area contributed by atoms with Crippen molar-refractivity contribution in [3.8, 4) is 23.3 Å². The molecule has 0 spiro atoms. The summed E-state index contributed by atoms with van der Waals surface area (Å²) in [6.45, 7) is 0.423. The molecule has 3 aromatic rings. The van der Waals surface area contributed by atoms with Gasteiger partial charge in [0.2, 0.25) is 5.88 Å². The maximum Gasteiger partial charge on any atom is 0.205 e. The topological polar surface area (TPSA) is 104 Å². The van der Waals surface area contributed by atoms with Crippen molar-refractivity contribution in [2.45, 2.75) is 12.5 Å². The lowest BCUT2D eigenvalue weighted by molar-refractivity contribution is 0.284. The number of nitrogen functional groups attached to an aromatic ring is 1. The lowest BCUT2D eigenvalue weighted by atomic mass is 9.83. The average Bonchev–Trinajstić information content (AvgIpc) is 2.77. The van der Waals surface area contributed by atoms with E-state index in [1.165, 1.54) is 0 Å². The van der Waals surface area contributed by atoms with E-state index in [1.54, 1.807) is 19.2 Å². The number of methoxy groups -OCH3 is 1. The van der Waals surface area contributed by atoms with Gasteiger partial charge >= 0.3 is 0 Å². The quantitative estimate of drug-likeness (QED) is 0.627. The van der Waals surface area contributed by atoms with Gasteiger partial charge in [-0.05, 0) is 29.3 Å². The van der Waals surface area contributed by atoms with Crippen LogP contribution in [0.25, 0.3) is 0 Å². The molecule has 0 radical (unpaired) electrons. The fraction of sp³-hybridized carbons (Fsp3) is 0.125. The number of hydrogen-bond donors (Lipinski definition) is 2. The summed E-state index contributed by atoms with van der Waals surface area (Å²) in [5.74, 6) is 1.41. The molecule has 1 aliphatic heterocycles. The van der Waals surface area contributed by atoms with Crippen LogP contribution in [0.3, 0.4) is 0 Å². The number of hydrogen-bond acceptors (Lipinski definition) is 6. The Kier molecular flexibility index (Phi) is 5.19. The highest BCUT2D eigenvalue weighted by molar-refractivity contribution is 5.60. The number of rotatable bonds is 5. The van der Waals surface area contributed by atoms with E-state index in [-0.39, 0.29) is 5.88 Å². The van der Waals surface area contributed by atoms with Crippen LogP contribution in [0, 0.1) is 11.3 Å². The number of fused-ring (bicyclic) bond motifs is 1. The van der Waals surface area contributed by atoms with Crippen molar-refractivity contribution in [3.05, 3.63) is 94.9 Å². The van der Waals surface area contributed by atoms with Crippen molar-refractivity contribution in [3.63, 3.8) is 0 Å². The van der Waals surface area contributed by atoms with Crippen LogP contribution in [-0.4, -0.2) is 7.11 Å². The minimum Gasteiger partial charge on any atom is -0.493 e. The van der Waals surface area contributed by atoms with Crippen molar-refractivity contribution in [2.24, 2.45) is 5.73 Å². The van der Waals surface area contributed by atoms with Gasteiger partial charge in [-0.1, -0.05) is 42.5 Å². The third-order valence-electron chi connectivity index (χ3n) is 5.00. The fourth-order valence-electron chi connectivity index (χ4n) is 3.53. The molecule has 3 aromatic carbocycles. The van der Waals surface area contributed by atoms with Gasteiger partial charge in [0.1, 0.15) is 24.0 Å². The molecule has 30 heavy (non-hydrogen) atoms. The molecule has 0 fully saturated rings. The molecule has 0 aromatic heterocycles. The van der Waals surface area contributed by atoms with Crippen LogP contribution in [0.15, 0.2) is 78.2 Å². The first-order valence-electron chi connectivity index (χ1n) is 9.42. The number of allylic oxidation sites excluding steroid dienone is 1. The smallest absolute Gasteiger partial charge is 0.205 e. The molecule has 150 valence electrons. The summed E-state index contributed by atoms with van der Waals surface area (Å²) in [5.41, 5.74) is 15.5. The molecule has 0 aliphatic carbocycles. The second-order valence-electron chi connectivity index (χ2n) is 6.91. The lowest BCUT2D eigenvalue weighted by Gasteiger charge is -2.27. The van der Waals surface area contributed by atoms with E-state index in [0.29, 0.717) is 35.1 Å². The highest BCUT2D eigenvalue weighted by Gasteiger charge is 2.31. The Balaban J connectivity index is 1.70. The van der Waals surface area contributed by atoms with Gasteiger partial charge in [0.15, 0.2) is 11.5 Å². The first-order valence-corrected chi connectivity index (χ1v) is 9.42. The Hall–Kier alpha value is -4.11. The van der Waals surface area contributed by atoms with Crippen LogP contribution in [0.4, 0.5) is 5.69 Å². The number of ether oxygens (including phenoxy) is 3. The largest absolute Gasteiger partial charge is 0.493 e. The molecule has 1 aliphatic rings. The third-order valence-corrected chi connectivity index (χ3v) is 5.00. The fourth-order valence-corrected chi connectivity index (χ4v) is 3.53. The molecule has 4 N–H and O–H groups in total. The number of benzene rings is 3. The summed E-state index contributed by atoms with van der Waals surface area (Å²) >= 11 is 0. The summed E-state index contributed by atoms with van der Waals surface area (Å²) in [4.78, 5) is 0. The zero-order valence-corrected chi connectivity index (χ0v) is 16.5. The van der Waals surface area contributed by atoms with E-state index in [4.69, 9.17) is 25.7 Å². The molecule has 1 atom stereocenters. The van der Waals surface area contributed by atoms with E-state index >= 15 is 0 Å². The van der Waals surface area contributed by atoms with Crippen LogP contribution in [0.2, 0.25) is 0 Å². The average molecular weight is 399 g/mol. The third kappa shape index (κ3) is 3.61. The van der Waals surface area contributed by atoms with Gasteiger partial charge < -0.3 is 25.7 Å². The van der Waals surface area contributed by atoms with Crippen LogP contribution < -0.4 is 25.7 Å². The molecule has 0 bridgehead atoms. The van der Waals surface area contributed by atoms with Gasteiger partial charge in [-0.3, -0.25) is 0 Å². The van der Waals surface area contributed by atoms with Gasteiger partial charge in [-0.15, -0.1) is 0 Å². The second kappa shape index (κ2) is 8.10. The van der Waals surface area contributed by atoms with Gasteiger partial charge in [0, 0.05) is 17.3 Å². The normalized spacial score (nSPS) is 15.0. The van der Waals surface area contributed by atoms with Gasteiger partial charge in [0.25, 0.3) is 0 Å². The second-order valence-corrected chi connectivity index (χ2v) is 6.91. The van der Waals surface area contributed by atoms with Crippen molar-refractivity contribution >= 4 is 5.69 Å². The van der Waals surface area contributed by atoms with Crippen LogP contribution in [0.1, 0.15) is 22.6 Å². The monoisotopic (exact) mass is 399 g/mol. The zero-order chi connectivity index (χ0) is 21.1. The van der Waals surface area contributed by atoms with E-state index in [2.05, 4.69) is 6.07 Å². The molecular formula is C24H21N3O3. The van der Waals surface area contributed by atoms with Crippen LogP contribution in [-0.2, 0) is 6.61 Å². The first kappa shape index (κ1) is 19.2. The van der Waals surface area contributed by atoms with Crippen molar-refractivity contribution in [2.75, 3.05) is 12.8 Å². The molecule has 0 saturated carbocycles. The molecule has 6 nitrogen and oxygen atoms in total. The molecule has 4 rings (SSSR count). The maximum absolute atomic E-state index is 9.72. The summed E-state index contributed by atoms with van der Waals surface area (Å²) in [6, 6.07) is 23.0. The van der Waals surface area contributed by atoms with E-state index < -0.39 is 5.92 Å².